The smallest absolute Gasteiger partial charge is 0.305 e. The number of nitrogens with one attached hydrogen (secondary N) is 2. The highest BCUT2D eigenvalue weighted by Gasteiger charge is 2.37. The Morgan fingerprint density at radius 2 is 1.89 bits per heavy atom. The largest absolute Gasteiger partial charge is 0.493 e. The number of anilines is 3. The molecule has 0 radical (unpaired) electrons. The van der Waals surface area contributed by atoms with E-state index in [-0.39, 0.29) is 24.2 Å². The van der Waals surface area contributed by atoms with Crippen LogP contribution in [0.25, 0.3) is 0 Å². The summed E-state index contributed by atoms with van der Waals surface area (Å²) in [5.74, 6) is 1.47. The molecular weight excluding hydrogens is 464 g/mol. The maximum Gasteiger partial charge on any atom is 0.305 e. The van der Waals surface area contributed by atoms with E-state index in [0.717, 1.165) is 37.4 Å². The van der Waals surface area contributed by atoms with Gasteiger partial charge in [-0.05, 0) is 35.6 Å². The minimum Gasteiger partial charge on any atom is -0.493 e. The second kappa shape index (κ2) is 8.83. The van der Waals surface area contributed by atoms with E-state index >= 15 is 0 Å². The second-order valence-electron chi connectivity index (χ2n) is 9.19. The number of rotatable bonds is 6. The summed E-state index contributed by atoms with van der Waals surface area (Å²) < 4.78 is 16.4. The molecular formula is C25H26N6O5. The van der Waals surface area contributed by atoms with Gasteiger partial charge in [-0.3, -0.25) is 19.5 Å². The zero-order chi connectivity index (χ0) is 24.8. The van der Waals surface area contributed by atoms with E-state index in [0.29, 0.717) is 34.6 Å². The Bertz CT molecular complexity index is 1330. The van der Waals surface area contributed by atoms with E-state index in [1.807, 2.05) is 6.07 Å². The van der Waals surface area contributed by atoms with Crippen LogP contribution in [-0.2, 0) is 6.54 Å². The van der Waals surface area contributed by atoms with Crippen molar-refractivity contribution in [1.82, 2.24) is 15.3 Å². The quantitative estimate of drug-likeness (QED) is 0.535. The number of pyridine rings is 1. The van der Waals surface area contributed by atoms with Crippen LogP contribution in [-0.4, -0.2) is 62.2 Å². The summed E-state index contributed by atoms with van der Waals surface area (Å²) in [6.45, 7) is 4.16. The number of hydrogen-bond acceptors (Lipinski definition) is 9. The summed E-state index contributed by atoms with van der Waals surface area (Å²) in [5.41, 5.74) is 2.77. The first-order valence-corrected chi connectivity index (χ1v) is 11.8. The molecule has 2 aromatic heterocycles. The molecule has 3 aliphatic rings. The fraction of sp³-hybridized carbons (Fsp3) is 0.360. The number of fused-ring (bicyclic) bond motifs is 2. The SMILES string of the molecule is COc1cc2c(cc1OC)C(=O)N(c1ncc(C(=O)Nc3cnccc3N3CC4CNCC4C3)o1)C2. The van der Waals surface area contributed by atoms with Gasteiger partial charge < -0.3 is 29.4 Å². The van der Waals surface area contributed by atoms with E-state index in [2.05, 4.69) is 25.5 Å². The van der Waals surface area contributed by atoms with Crippen molar-refractivity contribution >= 4 is 29.2 Å². The van der Waals surface area contributed by atoms with Crippen LogP contribution in [0.5, 0.6) is 11.5 Å². The maximum atomic E-state index is 13.0. The summed E-state index contributed by atoms with van der Waals surface area (Å²) in [5, 5.41) is 6.34. The zero-order valence-electron chi connectivity index (χ0n) is 20.0. The van der Waals surface area contributed by atoms with Crippen LogP contribution in [0.4, 0.5) is 17.4 Å². The van der Waals surface area contributed by atoms with Crippen LogP contribution in [0, 0.1) is 11.8 Å². The Morgan fingerprint density at radius 1 is 1.14 bits per heavy atom. The van der Waals surface area contributed by atoms with E-state index in [1.54, 1.807) is 24.5 Å². The Morgan fingerprint density at radius 3 is 2.64 bits per heavy atom. The Hall–Kier alpha value is -4.12. The molecule has 2 atom stereocenters. The van der Waals surface area contributed by atoms with Crippen molar-refractivity contribution in [1.29, 1.82) is 0 Å². The number of hydrogen-bond donors (Lipinski definition) is 2. The fourth-order valence-electron chi connectivity index (χ4n) is 5.28. The van der Waals surface area contributed by atoms with Crippen molar-refractivity contribution in [2.24, 2.45) is 11.8 Å². The summed E-state index contributed by atoms with van der Waals surface area (Å²) in [6.07, 6.45) is 4.69. The van der Waals surface area contributed by atoms with Crippen molar-refractivity contribution in [2.75, 3.05) is 55.5 Å². The number of aromatic nitrogens is 2. The third kappa shape index (κ3) is 3.72. The number of nitrogens with zero attached hydrogens (tertiary/aromatic N) is 4. The predicted molar refractivity (Wildman–Crippen MR) is 131 cm³/mol. The number of carbonyl (C=O) groups excluding carboxylic acids is 2. The van der Waals surface area contributed by atoms with E-state index in [9.17, 15) is 9.59 Å². The van der Waals surface area contributed by atoms with E-state index < -0.39 is 5.91 Å². The van der Waals surface area contributed by atoms with Gasteiger partial charge in [0.2, 0.25) is 5.76 Å². The zero-order valence-corrected chi connectivity index (χ0v) is 20.0. The number of benzene rings is 1. The standard InChI is InChI=1S/C25H26N6O5/c1-34-20-5-14-13-31(24(33)17(14)6-21(20)35-2)25-28-10-22(36-25)23(32)29-18-9-26-4-3-19(18)30-11-15-7-27-8-16(15)12-30/h3-6,9-10,15-16,27H,7-8,11-13H2,1-2H3,(H,29,32). The minimum atomic E-state index is -0.462. The van der Waals surface area contributed by atoms with Gasteiger partial charge in [0.05, 0.1) is 44.5 Å². The minimum absolute atomic E-state index is 0.00112. The number of carbonyl (C=O) groups is 2. The molecule has 186 valence electrons. The van der Waals surface area contributed by atoms with Gasteiger partial charge in [-0.2, -0.15) is 0 Å². The third-order valence-electron chi connectivity index (χ3n) is 7.14. The highest BCUT2D eigenvalue weighted by Crippen LogP contribution is 2.37. The number of methoxy groups -OCH3 is 2. The summed E-state index contributed by atoms with van der Waals surface area (Å²) >= 11 is 0. The summed E-state index contributed by atoms with van der Waals surface area (Å²) in [6, 6.07) is 5.36. The highest BCUT2D eigenvalue weighted by molar-refractivity contribution is 6.10. The molecule has 0 spiro atoms. The van der Waals surface area contributed by atoms with Gasteiger partial charge in [-0.1, -0.05) is 0 Å². The van der Waals surface area contributed by atoms with Crippen LogP contribution in [0.15, 0.2) is 41.2 Å². The van der Waals surface area contributed by atoms with Crippen LogP contribution < -0.4 is 29.9 Å². The Kier molecular flexibility index (Phi) is 5.48. The maximum absolute atomic E-state index is 13.0. The van der Waals surface area contributed by atoms with Crippen LogP contribution in [0.2, 0.25) is 0 Å². The van der Waals surface area contributed by atoms with Crippen molar-refractivity contribution in [3.8, 4) is 11.5 Å². The van der Waals surface area contributed by atoms with Crippen molar-refractivity contribution in [3.05, 3.63) is 53.7 Å². The molecule has 1 aromatic carbocycles. The molecule has 36 heavy (non-hydrogen) atoms. The molecule has 3 aromatic rings. The van der Waals surface area contributed by atoms with Gasteiger partial charge in [0.15, 0.2) is 11.5 Å². The molecule has 0 aliphatic carbocycles. The first-order chi connectivity index (χ1) is 17.6. The highest BCUT2D eigenvalue weighted by atomic mass is 16.5. The van der Waals surface area contributed by atoms with E-state index in [4.69, 9.17) is 13.9 Å². The van der Waals surface area contributed by atoms with Crippen molar-refractivity contribution in [3.63, 3.8) is 0 Å². The average Bonchev–Trinajstić information content (AvgIpc) is 3.67. The second-order valence-corrected chi connectivity index (χ2v) is 9.19. The molecule has 11 nitrogen and oxygen atoms in total. The molecule has 2 saturated heterocycles. The Labute approximate surface area is 207 Å². The predicted octanol–water partition coefficient (Wildman–Crippen LogP) is 2.16. The van der Waals surface area contributed by atoms with Crippen LogP contribution >= 0.6 is 0 Å². The normalized spacial score (nSPS) is 20.4. The molecule has 0 bridgehead atoms. The lowest BCUT2D eigenvalue weighted by Crippen LogP contribution is -2.26. The molecule has 2 N–H and O–H groups in total. The summed E-state index contributed by atoms with van der Waals surface area (Å²) in [7, 11) is 3.05. The first-order valence-electron chi connectivity index (χ1n) is 11.8. The number of ether oxygens (including phenoxy) is 2. The molecule has 3 aliphatic heterocycles. The molecule has 5 heterocycles. The lowest BCUT2D eigenvalue weighted by molar-refractivity contribution is 0.0974. The van der Waals surface area contributed by atoms with Gasteiger partial charge in [0.25, 0.3) is 11.8 Å². The molecule has 0 saturated carbocycles. The number of oxazole rings is 1. The first kappa shape index (κ1) is 22.4. The Balaban J connectivity index is 1.19. The van der Waals surface area contributed by atoms with Crippen LogP contribution in [0.1, 0.15) is 26.5 Å². The van der Waals surface area contributed by atoms with E-state index in [1.165, 1.54) is 25.3 Å². The molecule has 11 heteroatoms. The average molecular weight is 491 g/mol. The van der Waals surface area contributed by atoms with Crippen molar-refractivity contribution < 1.29 is 23.5 Å². The lowest BCUT2D eigenvalue weighted by atomic mass is 10.0. The third-order valence-corrected chi connectivity index (χ3v) is 7.14. The molecule has 2 unspecified atom stereocenters. The van der Waals surface area contributed by atoms with Crippen LogP contribution in [0.3, 0.4) is 0 Å². The van der Waals surface area contributed by atoms with Gasteiger partial charge >= 0.3 is 6.01 Å². The van der Waals surface area contributed by atoms with Gasteiger partial charge in [-0.25, -0.2) is 4.98 Å². The number of amides is 2. The van der Waals surface area contributed by atoms with Gasteiger partial charge in [-0.15, -0.1) is 0 Å². The van der Waals surface area contributed by atoms with Gasteiger partial charge in [0, 0.05) is 37.9 Å². The topological polar surface area (TPSA) is 122 Å². The summed E-state index contributed by atoms with van der Waals surface area (Å²) in [4.78, 5) is 38.1. The molecule has 2 amide bonds. The fourth-order valence-corrected chi connectivity index (χ4v) is 5.28. The lowest BCUT2D eigenvalue weighted by Gasteiger charge is -2.22. The van der Waals surface area contributed by atoms with Gasteiger partial charge in [0.1, 0.15) is 0 Å². The molecule has 2 fully saturated rings. The van der Waals surface area contributed by atoms with Crippen molar-refractivity contribution in [2.45, 2.75) is 6.54 Å². The molecule has 6 rings (SSSR count). The monoisotopic (exact) mass is 490 g/mol.